The molecule has 8 nitrogen and oxygen atoms in total. The van der Waals surface area contributed by atoms with Crippen LogP contribution < -0.4 is 5.48 Å². The van der Waals surface area contributed by atoms with E-state index in [9.17, 15) is 0 Å². The first kappa shape index (κ1) is 15.5. The second-order valence-electron chi connectivity index (χ2n) is 3.84. The summed E-state index contributed by atoms with van der Waals surface area (Å²) in [5, 5.41) is 10.3. The second-order valence-corrected chi connectivity index (χ2v) is 4.63. The molecule has 0 aliphatic heterocycles. The molecule has 21 heavy (non-hydrogen) atoms. The van der Waals surface area contributed by atoms with Crippen LogP contribution in [0.5, 0.6) is 0 Å². The van der Waals surface area contributed by atoms with E-state index >= 15 is 0 Å². The summed E-state index contributed by atoms with van der Waals surface area (Å²) in [4.78, 5) is 12.6. The zero-order valence-corrected chi connectivity index (χ0v) is 11.9. The van der Waals surface area contributed by atoms with Gasteiger partial charge < -0.3 is 0 Å². The zero-order chi connectivity index (χ0) is 15.2. The molecule has 2 heterocycles. The number of benzene rings is 1. The van der Waals surface area contributed by atoms with Crippen LogP contribution in [0.25, 0.3) is 21.8 Å². The maximum atomic E-state index is 8.78. The quantitative estimate of drug-likeness (QED) is 0.316. The minimum absolute atomic E-state index is 0.649. The first-order valence-electron chi connectivity index (χ1n) is 5.67. The number of hydrogen-bond donors (Lipinski definition) is 4. The summed E-state index contributed by atoms with van der Waals surface area (Å²) in [5.74, 6) is 0. The van der Waals surface area contributed by atoms with Gasteiger partial charge in [-0.15, -0.1) is 4.99 Å². The van der Waals surface area contributed by atoms with Crippen molar-refractivity contribution in [3.8, 4) is 0 Å². The topological polar surface area (TPSA) is 125 Å². The van der Waals surface area contributed by atoms with Gasteiger partial charge in [-0.3, -0.25) is 9.97 Å². The predicted octanol–water partition coefficient (Wildman–Crippen LogP) is 1.36. The van der Waals surface area contributed by atoms with Crippen molar-refractivity contribution >= 4 is 27.5 Å². The van der Waals surface area contributed by atoms with Gasteiger partial charge in [-0.05, 0) is 24.3 Å². The van der Waals surface area contributed by atoms with Gasteiger partial charge >= 0.3 is 27.5 Å². The molecule has 3 aromatic rings. The fourth-order valence-corrected chi connectivity index (χ4v) is 1.91. The van der Waals surface area contributed by atoms with Gasteiger partial charge in [-0.25, -0.2) is 10.7 Å². The number of aromatic nitrogens is 2. The average molecular weight is 328 g/mol. The Labute approximate surface area is 124 Å². The van der Waals surface area contributed by atoms with E-state index in [0.717, 1.165) is 21.8 Å². The summed E-state index contributed by atoms with van der Waals surface area (Å²) in [6.07, 6.45) is 3.44. The van der Waals surface area contributed by atoms with Crippen molar-refractivity contribution in [2.75, 3.05) is 5.48 Å². The molecule has 9 heteroatoms. The van der Waals surface area contributed by atoms with Gasteiger partial charge in [-0.1, -0.05) is 6.07 Å². The molecule has 0 atom stereocenters. The predicted molar refractivity (Wildman–Crippen MR) is 69.5 cm³/mol. The molecule has 0 aliphatic carbocycles. The molecular formula is C12H11N3O5V. The summed E-state index contributed by atoms with van der Waals surface area (Å²) in [5.41, 5.74) is 4.67. The number of nitrogens with one attached hydrogen (secondary N) is 1. The van der Waals surface area contributed by atoms with Crippen molar-refractivity contribution in [1.82, 2.24) is 9.97 Å². The Bertz CT molecular complexity index is 779. The first-order valence-corrected chi connectivity index (χ1v) is 7.49. The Kier molecular flexibility index (Phi) is 5.28. The van der Waals surface area contributed by atoms with Crippen LogP contribution in [0.15, 0.2) is 42.7 Å². The molecule has 1 aromatic carbocycles. The van der Waals surface area contributed by atoms with Crippen molar-refractivity contribution in [2.24, 2.45) is 0 Å². The molecule has 0 fully saturated rings. The zero-order valence-electron chi connectivity index (χ0n) is 10.5. The molecule has 0 spiro atoms. The molecule has 0 radical (unpaired) electrons. The Morgan fingerprint density at radius 2 is 1.71 bits per heavy atom. The second kappa shape index (κ2) is 7.18. The SMILES string of the molecule is OONc1cc2cccnc2c2ncccc12.[O]=[V]([OH])[OH]. The van der Waals surface area contributed by atoms with Gasteiger partial charge in [-0.2, -0.15) is 0 Å². The standard InChI is InChI=1S/C12H9N3O2.2H2O.O.V/c16-17-15-10-7-8-3-1-5-13-11(8)12-9(10)4-2-6-14-12;;;;/h1-7,15-16H;2*1H2;;/q;;;;+2/p-2. The van der Waals surface area contributed by atoms with Crippen molar-refractivity contribution in [3.05, 3.63) is 42.7 Å². The van der Waals surface area contributed by atoms with Gasteiger partial charge in [0.25, 0.3) is 0 Å². The number of hydrogen-bond acceptors (Lipinski definition) is 6. The van der Waals surface area contributed by atoms with Gasteiger partial charge in [0, 0.05) is 23.2 Å². The van der Waals surface area contributed by atoms with Gasteiger partial charge in [0.2, 0.25) is 0 Å². The van der Waals surface area contributed by atoms with Crippen molar-refractivity contribution in [1.29, 1.82) is 0 Å². The maximum absolute atomic E-state index is 8.78. The molecule has 109 valence electrons. The van der Waals surface area contributed by atoms with Crippen LogP contribution in [0.3, 0.4) is 0 Å². The van der Waals surface area contributed by atoms with E-state index in [0.29, 0.717) is 5.69 Å². The summed E-state index contributed by atoms with van der Waals surface area (Å²) >= 11 is -3.44. The van der Waals surface area contributed by atoms with E-state index in [1.165, 1.54) is 0 Å². The minimum atomic E-state index is -3.44. The average Bonchev–Trinajstić information content (AvgIpc) is 2.47. The van der Waals surface area contributed by atoms with E-state index < -0.39 is 15.8 Å². The first-order chi connectivity index (χ1) is 10.1. The van der Waals surface area contributed by atoms with Crippen LogP contribution >= 0.6 is 0 Å². The van der Waals surface area contributed by atoms with Crippen molar-refractivity contribution in [3.63, 3.8) is 0 Å². The van der Waals surface area contributed by atoms with Crippen LogP contribution in [-0.4, -0.2) is 23.3 Å². The van der Waals surface area contributed by atoms with Crippen LogP contribution in [-0.2, 0) is 24.5 Å². The van der Waals surface area contributed by atoms with Crippen LogP contribution in [0.1, 0.15) is 0 Å². The van der Waals surface area contributed by atoms with Gasteiger partial charge in [0.15, 0.2) is 0 Å². The number of pyridine rings is 2. The van der Waals surface area contributed by atoms with Crippen molar-refractivity contribution < 1.29 is 37.8 Å². The fourth-order valence-electron chi connectivity index (χ4n) is 1.91. The van der Waals surface area contributed by atoms with Gasteiger partial charge in [0.1, 0.15) is 0 Å². The van der Waals surface area contributed by atoms with Gasteiger partial charge in [0.05, 0.1) is 16.7 Å². The Morgan fingerprint density at radius 3 is 2.38 bits per heavy atom. The van der Waals surface area contributed by atoms with E-state index in [1.54, 1.807) is 12.4 Å². The van der Waals surface area contributed by atoms with Crippen LogP contribution in [0, 0.1) is 0 Å². The number of rotatable bonds is 2. The molecule has 4 N–H and O–H groups in total. The normalized spacial score (nSPS) is 10.0. The van der Waals surface area contributed by atoms with Crippen LogP contribution in [0.4, 0.5) is 5.69 Å². The van der Waals surface area contributed by atoms with E-state index in [4.69, 9.17) is 17.0 Å². The molecule has 0 bridgehead atoms. The number of nitrogens with zero attached hydrogens (tertiary/aromatic N) is 2. The molecule has 0 amide bonds. The Balaban J connectivity index is 0.000000361. The third-order valence-corrected chi connectivity index (χ3v) is 2.62. The summed E-state index contributed by atoms with van der Waals surface area (Å²) in [6, 6.07) is 9.33. The molecule has 0 saturated carbocycles. The number of anilines is 1. The fraction of sp³-hybridized carbons (Fsp3) is 0. The summed E-state index contributed by atoms with van der Waals surface area (Å²) in [6.45, 7) is 0. The summed E-state index contributed by atoms with van der Waals surface area (Å²) in [7, 11) is 0. The molecule has 2 aromatic heterocycles. The van der Waals surface area contributed by atoms with Crippen LogP contribution in [0.2, 0.25) is 0 Å². The van der Waals surface area contributed by atoms with Crippen molar-refractivity contribution in [2.45, 2.75) is 0 Å². The Hall–Kier alpha value is -1.94. The van der Waals surface area contributed by atoms with E-state index in [2.05, 4.69) is 20.4 Å². The molecule has 0 unspecified atom stereocenters. The Morgan fingerprint density at radius 1 is 1.10 bits per heavy atom. The third-order valence-electron chi connectivity index (χ3n) is 2.62. The van der Waals surface area contributed by atoms with E-state index in [1.807, 2.05) is 30.3 Å². The molecular weight excluding hydrogens is 317 g/mol. The molecule has 0 aliphatic rings. The third kappa shape index (κ3) is 3.79. The summed E-state index contributed by atoms with van der Waals surface area (Å²) < 4.78 is 23.2. The molecule has 0 saturated heterocycles. The molecule has 3 rings (SSSR count). The number of fused-ring (bicyclic) bond motifs is 3. The monoisotopic (exact) mass is 328 g/mol. The van der Waals surface area contributed by atoms with E-state index in [-0.39, 0.29) is 0 Å².